The molecule has 0 saturated carbocycles. The van der Waals surface area contributed by atoms with E-state index in [-0.39, 0.29) is 24.3 Å². The monoisotopic (exact) mass is 776 g/mol. The van der Waals surface area contributed by atoms with E-state index in [0.29, 0.717) is 18.0 Å². The second-order valence-corrected chi connectivity index (χ2v) is 16.3. The number of likely N-dealkylation sites (N-methyl/N-ethyl adjacent to an activating group) is 1. The molecule has 9 nitrogen and oxygen atoms in total. The third-order valence-corrected chi connectivity index (χ3v) is 13.3. The highest BCUT2D eigenvalue weighted by Crippen LogP contribution is 2.55. The summed E-state index contributed by atoms with van der Waals surface area (Å²) in [7, 11) is 3.90. The maximum Gasteiger partial charge on any atom is 0.252 e. The molecule has 7 heterocycles. The number of para-hydroxylation sites is 1. The predicted octanol–water partition coefficient (Wildman–Crippen LogP) is 9.29. The molecule has 254 valence electrons. The van der Waals surface area contributed by atoms with E-state index in [2.05, 4.69) is 103 Å². The van der Waals surface area contributed by atoms with Crippen molar-refractivity contribution in [2.24, 2.45) is 0 Å². The molecule has 4 aromatic heterocycles. The van der Waals surface area contributed by atoms with Crippen molar-refractivity contribution in [1.29, 1.82) is 0 Å². The van der Waals surface area contributed by atoms with E-state index in [1.807, 2.05) is 24.4 Å². The minimum absolute atomic E-state index is 0.0587. The highest BCUT2D eigenvalue weighted by atomic mass is 79.9. The molecular weight excluding hydrogens is 748 g/mol. The Bertz CT molecular complexity index is 2840. The number of aromatic nitrogens is 4. The number of nitrogens with one attached hydrogen (secondary N) is 2. The maximum absolute atomic E-state index is 13.7. The number of halogens is 2. The SMILES string of the molecule is CO[C@@H]1[C@H](N(C)c2ncc(-c3c[nH]c4ccc(Br)cc34)s2)C[C@H]2O[C@]1(C)n1c3ccccc3c3c4c(c5c6cc(Cl)ccc6n2c5c31)C(=O)NC4. The minimum Gasteiger partial charge on any atom is -0.374 e. The van der Waals surface area contributed by atoms with E-state index < -0.39 is 5.72 Å². The van der Waals surface area contributed by atoms with Crippen LogP contribution in [-0.4, -0.2) is 51.3 Å². The van der Waals surface area contributed by atoms with Crippen LogP contribution in [-0.2, 0) is 21.7 Å². The number of anilines is 1. The lowest BCUT2D eigenvalue weighted by molar-refractivity contribution is -0.253. The van der Waals surface area contributed by atoms with Crippen LogP contribution in [0.25, 0.3) is 65.0 Å². The molecule has 0 radical (unpaired) electrons. The normalized spacial score (nSPS) is 22.5. The maximum atomic E-state index is 13.7. The van der Waals surface area contributed by atoms with Gasteiger partial charge in [0.05, 0.1) is 38.5 Å². The summed E-state index contributed by atoms with van der Waals surface area (Å²) in [6, 6.07) is 20.6. The largest absolute Gasteiger partial charge is 0.374 e. The average Bonchev–Trinajstić information content (AvgIpc) is 3.94. The number of rotatable bonds is 4. The van der Waals surface area contributed by atoms with Gasteiger partial charge in [-0.2, -0.15) is 0 Å². The fraction of sp³-hybridized carbons (Fsp3) is 0.231. The fourth-order valence-electron chi connectivity index (χ4n) is 9.41. The molecule has 11 rings (SSSR count). The number of H-pyrrole nitrogens is 1. The molecule has 51 heavy (non-hydrogen) atoms. The van der Waals surface area contributed by atoms with Gasteiger partial charge in [0.2, 0.25) is 0 Å². The molecule has 0 spiro atoms. The van der Waals surface area contributed by atoms with Crippen LogP contribution in [0.15, 0.2) is 77.5 Å². The Labute approximate surface area is 308 Å². The van der Waals surface area contributed by atoms with Crippen molar-refractivity contribution in [3.63, 3.8) is 0 Å². The van der Waals surface area contributed by atoms with Crippen LogP contribution in [0.4, 0.5) is 5.13 Å². The van der Waals surface area contributed by atoms with E-state index in [1.54, 1.807) is 18.4 Å². The first-order valence-electron chi connectivity index (χ1n) is 16.9. The minimum atomic E-state index is -0.934. The van der Waals surface area contributed by atoms with Crippen LogP contribution in [0.5, 0.6) is 0 Å². The van der Waals surface area contributed by atoms with Gasteiger partial charge in [0, 0.05) is 87.0 Å². The van der Waals surface area contributed by atoms with Crippen molar-refractivity contribution < 1.29 is 14.3 Å². The van der Waals surface area contributed by atoms with Crippen molar-refractivity contribution in [3.8, 4) is 10.4 Å². The van der Waals surface area contributed by atoms with Crippen LogP contribution < -0.4 is 10.2 Å². The first-order chi connectivity index (χ1) is 24.8. The zero-order chi connectivity index (χ0) is 34.5. The number of fused-ring (bicyclic) bond motifs is 14. The molecule has 8 aromatic rings. The number of nitrogens with zero attached hydrogens (tertiary/aromatic N) is 4. The second kappa shape index (κ2) is 10.4. The molecule has 0 aliphatic carbocycles. The van der Waals surface area contributed by atoms with Gasteiger partial charge in [0.25, 0.3) is 5.91 Å². The first-order valence-corrected chi connectivity index (χ1v) is 18.9. The van der Waals surface area contributed by atoms with Gasteiger partial charge in [-0.3, -0.25) is 4.79 Å². The van der Waals surface area contributed by atoms with Crippen LogP contribution in [0.3, 0.4) is 0 Å². The van der Waals surface area contributed by atoms with Crippen LogP contribution in [0.1, 0.15) is 35.5 Å². The van der Waals surface area contributed by atoms with Gasteiger partial charge in [-0.1, -0.05) is 57.1 Å². The van der Waals surface area contributed by atoms with Gasteiger partial charge in [0.1, 0.15) is 12.3 Å². The topological polar surface area (TPSA) is 89.3 Å². The van der Waals surface area contributed by atoms with Crippen molar-refractivity contribution in [2.45, 2.75) is 44.0 Å². The Morgan fingerprint density at radius 3 is 2.80 bits per heavy atom. The smallest absolute Gasteiger partial charge is 0.252 e. The van der Waals surface area contributed by atoms with Crippen molar-refractivity contribution in [1.82, 2.24) is 24.4 Å². The summed E-state index contributed by atoms with van der Waals surface area (Å²) >= 11 is 12.0. The fourth-order valence-corrected chi connectivity index (χ4v) is 10.9. The van der Waals surface area contributed by atoms with E-state index >= 15 is 0 Å². The molecule has 2 N–H and O–H groups in total. The van der Waals surface area contributed by atoms with Crippen molar-refractivity contribution >= 4 is 104 Å². The lowest BCUT2D eigenvalue weighted by atomic mass is 9.92. The number of hydrogen-bond donors (Lipinski definition) is 2. The highest BCUT2D eigenvalue weighted by Gasteiger charge is 2.54. The summed E-state index contributed by atoms with van der Waals surface area (Å²) in [6.07, 6.45) is 3.87. The number of amides is 1. The van der Waals surface area contributed by atoms with E-state index in [0.717, 1.165) is 85.7 Å². The van der Waals surface area contributed by atoms with E-state index in [1.165, 1.54) is 0 Å². The number of hydrogen-bond acceptors (Lipinski definition) is 6. The van der Waals surface area contributed by atoms with Gasteiger partial charge in [0.15, 0.2) is 10.9 Å². The molecule has 0 unspecified atom stereocenters. The summed E-state index contributed by atoms with van der Waals surface area (Å²) in [4.78, 5) is 25.5. The number of carbonyl (C=O) groups excluding carboxylic acids is 1. The molecule has 1 amide bonds. The van der Waals surface area contributed by atoms with Gasteiger partial charge in [-0.05, 0) is 55.0 Å². The molecule has 4 aromatic carbocycles. The third-order valence-electron chi connectivity index (χ3n) is 11.5. The van der Waals surface area contributed by atoms with Crippen LogP contribution in [0, 0.1) is 0 Å². The number of carbonyl (C=O) groups is 1. The number of ether oxygens (including phenoxy) is 2. The first kappa shape index (κ1) is 30.3. The summed E-state index contributed by atoms with van der Waals surface area (Å²) in [5, 5.41) is 9.85. The van der Waals surface area contributed by atoms with Crippen LogP contribution >= 0.6 is 38.9 Å². The quantitative estimate of drug-likeness (QED) is 0.186. The lowest BCUT2D eigenvalue weighted by Crippen LogP contribution is -2.60. The Hall–Kier alpha value is -4.39. The molecule has 3 aliphatic rings. The highest BCUT2D eigenvalue weighted by molar-refractivity contribution is 9.10. The molecule has 2 bridgehead atoms. The van der Waals surface area contributed by atoms with Gasteiger partial charge in [-0.15, -0.1) is 0 Å². The Balaban J connectivity index is 1.17. The van der Waals surface area contributed by atoms with Gasteiger partial charge < -0.3 is 33.8 Å². The molecular formula is C39H30BrClN6O3S. The summed E-state index contributed by atoms with van der Waals surface area (Å²) in [5.74, 6) is -0.0587. The van der Waals surface area contributed by atoms with Crippen molar-refractivity contribution in [3.05, 3.63) is 93.7 Å². The number of aromatic amines is 1. The van der Waals surface area contributed by atoms with Gasteiger partial charge in [-0.25, -0.2) is 4.98 Å². The summed E-state index contributed by atoms with van der Waals surface area (Å²) < 4.78 is 19.6. The predicted molar refractivity (Wildman–Crippen MR) is 207 cm³/mol. The van der Waals surface area contributed by atoms with E-state index in [9.17, 15) is 4.79 Å². The Morgan fingerprint density at radius 2 is 1.94 bits per heavy atom. The Morgan fingerprint density at radius 1 is 1.08 bits per heavy atom. The lowest BCUT2D eigenvalue weighted by Gasteiger charge is -2.50. The van der Waals surface area contributed by atoms with Crippen molar-refractivity contribution in [2.75, 3.05) is 19.1 Å². The third kappa shape index (κ3) is 3.82. The molecule has 12 heteroatoms. The molecule has 1 saturated heterocycles. The number of benzene rings is 4. The average molecular weight is 778 g/mol. The molecule has 3 aliphatic heterocycles. The zero-order valence-electron chi connectivity index (χ0n) is 27.8. The summed E-state index contributed by atoms with van der Waals surface area (Å²) in [5.41, 5.74) is 7.06. The van der Waals surface area contributed by atoms with E-state index in [4.69, 9.17) is 26.1 Å². The molecule has 4 atom stereocenters. The van der Waals surface area contributed by atoms with Gasteiger partial charge >= 0.3 is 0 Å². The number of methoxy groups -OCH3 is 1. The second-order valence-electron chi connectivity index (χ2n) is 14.0. The molecule has 1 fully saturated rings. The zero-order valence-corrected chi connectivity index (χ0v) is 30.9. The number of thiazole rings is 1. The Kier molecular flexibility index (Phi) is 6.15. The standard InChI is InChI=1S/C39H30BrClN6O3S/c1-39-36(49-3)28(45(2)38-44-17-29(51-38)23-15-42-25-10-8-18(40)12-21(23)25)14-30(50-39)46-26-11-9-19(41)13-22(26)32-33-24(16-43-37(33)48)31-20-6-4-5-7-27(20)47(39)35(31)34(32)46/h4-13,15,17,28,30,36,42H,14,16H2,1-3H3,(H,43,48)/t28-,30-,36-,39+/m1/s1. The van der Waals surface area contributed by atoms with Crippen LogP contribution in [0.2, 0.25) is 5.02 Å². The summed E-state index contributed by atoms with van der Waals surface area (Å²) in [6.45, 7) is 2.62.